The molecule has 19 heavy (non-hydrogen) atoms. The van der Waals surface area contributed by atoms with Crippen molar-refractivity contribution in [3.8, 4) is 0 Å². The lowest BCUT2D eigenvalue weighted by Crippen LogP contribution is -2.48. The third kappa shape index (κ3) is 3.83. The van der Waals surface area contributed by atoms with E-state index in [1.807, 2.05) is 0 Å². The van der Waals surface area contributed by atoms with E-state index in [1.165, 1.54) is 12.8 Å². The highest BCUT2D eigenvalue weighted by Gasteiger charge is 2.45. The zero-order chi connectivity index (χ0) is 14.8. The lowest BCUT2D eigenvalue weighted by atomic mass is 10.3. The average Bonchev–Trinajstić information content (AvgIpc) is 3.02. The van der Waals surface area contributed by atoms with Crippen molar-refractivity contribution in [1.29, 1.82) is 0 Å². The SMILES string of the molecule is CC(C)[Si](OCC[C@H]1C[C@@H]1N(C)C)(C(C)C)C(C)C. The maximum atomic E-state index is 6.61. The molecule has 0 heterocycles. The van der Waals surface area contributed by atoms with Crippen molar-refractivity contribution in [1.82, 2.24) is 4.90 Å². The van der Waals surface area contributed by atoms with Crippen LogP contribution in [0.1, 0.15) is 54.4 Å². The summed E-state index contributed by atoms with van der Waals surface area (Å²) < 4.78 is 6.61. The van der Waals surface area contributed by atoms with Gasteiger partial charge in [0, 0.05) is 12.6 Å². The van der Waals surface area contributed by atoms with Gasteiger partial charge in [0.15, 0.2) is 8.32 Å². The minimum atomic E-state index is -1.63. The van der Waals surface area contributed by atoms with E-state index in [0.717, 1.165) is 18.6 Å². The maximum Gasteiger partial charge on any atom is 0.200 e. The highest BCUT2D eigenvalue weighted by atomic mass is 28.4. The molecule has 1 aliphatic carbocycles. The van der Waals surface area contributed by atoms with Crippen molar-refractivity contribution >= 4 is 8.32 Å². The molecule has 0 bridgehead atoms. The Balaban J connectivity index is 2.51. The van der Waals surface area contributed by atoms with Crippen molar-refractivity contribution in [2.75, 3.05) is 20.7 Å². The van der Waals surface area contributed by atoms with E-state index in [-0.39, 0.29) is 0 Å². The first-order valence-corrected chi connectivity index (χ1v) is 10.2. The Morgan fingerprint density at radius 1 is 1.00 bits per heavy atom. The summed E-state index contributed by atoms with van der Waals surface area (Å²) in [7, 11) is 2.76. The molecule has 1 saturated carbocycles. The lowest BCUT2D eigenvalue weighted by molar-refractivity contribution is 0.257. The van der Waals surface area contributed by atoms with Crippen molar-refractivity contribution in [2.45, 2.75) is 77.0 Å². The average molecular weight is 286 g/mol. The standard InChI is InChI=1S/C16H35NOSi/c1-12(2)19(13(3)4,14(5)6)18-10-9-15-11-16(15)17(7)8/h12-16H,9-11H2,1-8H3/t15-,16-/m0/s1. The van der Waals surface area contributed by atoms with E-state index in [9.17, 15) is 0 Å². The fourth-order valence-electron chi connectivity index (χ4n) is 4.06. The summed E-state index contributed by atoms with van der Waals surface area (Å²) in [5, 5.41) is 0. The van der Waals surface area contributed by atoms with E-state index in [2.05, 4.69) is 60.5 Å². The van der Waals surface area contributed by atoms with Crippen LogP contribution < -0.4 is 0 Å². The van der Waals surface area contributed by atoms with Crippen LogP contribution in [-0.2, 0) is 4.43 Å². The van der Waals surface area contributed by atoms with Gasteiger partial charge in [-0.05, 0) is 49.5 Å². The highest BCUT2D eigenvalue weighted by molar-refractivity contribution is 6.77. The monoisotopic (exact) mass is 285 g/mol. The van der Waals surface area contributed by atoms with Crippen LogP contribution in [0.5, 0.6) is 0 Å². The van der Waals surface area contributed by atoms with Gasteiger partial charge in [-0.3, -0.25) is 0 Å². The molecule has 0 saturated heterocycles. The second-order valence-electron chi connectivity index (χ2n) is 7.48. The Morgan fingerprint density at radius 3 is 1.79 bits per heavy atom. The molecule has 0 aromatic heterocycles. The van der Waals surface area contributed by atoms with E-state index in [0.29, 0.717) is 16.6 Å². The molecular weight excluding hydrogens is 250 g/mol. The number of hydrogen-bond acceptors (Lipinski definition) is 2. The molecule has 114 valence electrons. The Hall–Kier alpha value is 0.137. The van der Waals surface area contributed by atoms with Crippen LogP contribution in [0.25, 0.3) is 0 Å². The van der Waals surface area contributed by atoms with Gasteiger partial charge in [-0.1, -0.05) is 41.5 Å². The Labute approximate surface area is 122 Å². The molecule has 0 N–H and O–H groups in total. The van der Waals surface area contributed by atoms with Crippen LogP contribution in [0.2, 0.25) is 16.6 Å². The summed E-state index contributed by atoms with van der Waals surface area (Å²) in [5.74, 6) is 0.883. The van der Waals surface area contributed by atoms with E-state index in [1.54, 1.807) is 0 Å². The zero-order valence-corrected chi connectivity index (χ0v) is 15.4. The normalized spacial score (nSPS) is 24.0. The third-order valence-electron chi connectivity index (χ3n) is 5.10. The van der Waals surface area contributed by atoms with Gasteiger partial charge < -0.3 is 9.33 Å². The van der Waals surface area contributed by atoms with Gasteiger partial charge in [-0.25, -0.2) is 0 Å². The van der Waals surface area contributed by atoms with Crippen molar-refractivity contribution in [2.24, 2.45) is 5.92 Å². The molecule has 1 aliphatic rings. The lowest BCUT2D eigenvalue weighted by Gasteiger charge is -2.42. The molecule has 0 spiro atoms. The van der Waals surface area contributed by atoms with Gasteiger partial charge in [0.05, 0.1) is 0 Å². The Bertz CT molecular complexity index is 254. The van der Waals surface area contributed by atoms with E-state index >= 15 is 0 Å². The first-order valence-electron chi connectivity index (χ1n) is 8.03. The van der Waals surface area contributed by atoms with Gasteiger partial charge in [0.25, 0.3) is 0 Å². The quantitative estimate of drug-likeness (QED) is 0.608. The van der Waals surface area contributed by atoms with Crippen LogP contribution >= 0.6 is 0 Å². The smallest absolute Gasteiger partial charge is 0.200 e. The fraction of sp³-hybridized carbons (Fsp3) is 1.00. The molecule has 2 atom stereocenters. The molecule has 2 nitrogen and oxygen atoms in total. The molecule has 0 aromatic rings. The Morgan fingerprint density at radius 2 is 1.47 bits per heavy atom. The van der Waals surface area contributed by atoms with E-state index < -0.39 is 8.32 Å². The fourth-order valence-corrected chi connectivity index (χ4v) is 9.53. The molecule has 0 amide bonds. The molecule has 0 aliphatic heterocycles. The van der Waals surface area contributed by atoms with Gasteiger partial charge in [0.2, 0.25) is 0 Å². The topological polar surface area (TPSA) is 12.5 Å². The molecule has 0 unspecified atom stereocenters. The van der Waals surface area contributed by atoms with Crippen LogP contribution in [0.15, 0.2) is 0 Å². The Kier molecular flexibility index (Phi) is 6.09. The summed E-state index contributed by atoms with van der Waals surface area (Å²) in [6.45, 7) is 15.2. The van der Waals surface area contributed by atoms with Gasteiger partial charge in [-0.15, -0.1) is 0 Å². The van der Waals surface area contributed by atoms with Crippen LogP contribution in [0.4, 0.5) is 0 Å². The number of hydrogen-bond donors (Lipinski definition) is 0. The van der Waals surface area contributed by atoms with Gasteiger partial charge in [0.1, 0.15) is 0 Å². The molecule has 3 heteroatoms. The predicted octanol–water partition coefficient (Wildman–Crippen LogP) is 4.52. The predicted molar refractivity (Wildman–Crippen MR) is 87.2 cm³/mol. The second-order valence-corrected chi connectivity index (χ2v) is 12.9. The van der Waals surface area contributed by atoms with Gasteiger partial charge >= 0.3 is 0 Å². The summed E-state index contributed by atoms with van der Waals surface area (Å²) in [4.78, 5) is 2.36. The minimum Gasteiger partial charge on any atom is -0.416 e. The summed E-state index contributed by atoms with van der Waals surface area (Å²) in [6.07, 6.45) is 2.62. The van der Waals surface area contributed by atoms with Crippen LogP contribution in [0.3, 0.4) is 0 Å². The first-order chi connectivity index (χ1) is 8.73. The minimum absolute atomic E-state index is 0.705. The van der Waals surface area contributed by atoms with Crippen molar-refractivity contribution < 1.29 is 4.43 Å². The third-order valence-corrected chi connectivity index (χ3v) is 11.2. The summed E-state index contributed by atoms with van der Waals surface area (Å²) in [6, 6.07) is 0.816. The molecular formula is C16H35NOSi. The maximum absolute atomic E-state index is 6.61. The molecule has 1 fully saturated rings. The number of nitrogens with zero attached hydrogens (tertiary/aromatic N) is 1. The first kappa shape index (κ1) is 17.2. The van der Waals surface area contributed by atoms with E-state index in [4.69, 9.17) is 4.43 Å². The number of rotatable bonds is 8. The molecule has 1 rings (SSSR count). The molecule has 0 radical (unpaired) electrons. The summed E-state index contributed by atoms with van der Waals surface area (Å²) in [5.41, 5.74) is 2.11. The largest absolute Gasteiger partial charge is 0.416 e. The molecule has 0 aromatic carbocycles. The zero-order valence-electron chi connectivity index (χ0n) is 14.4. The van der Waals surface area contributed by atoms with Crippen LogP contribution in [0, 0.1) is 5.92 Å². The van der Waals surface area contributed by atoms with Crippen molar-refractivity contribution in [3.05, 3.63) is 0 Å². The second kappa shape index (κ2) is 6.73. The van der Waals surface area contributed by atoms with Gasteiger partial charge in [-0.2, -0.15) is 0 Å². The van der Waals surface area contributed by atoms with Crippen LogP contribution in [-0.4, -0.2) is 40.0 Å². The van der Waals surface area contributed by atoms with Crippen molar-refractivity contribution in [3.63, 3.8) is 0 Å². The summed E-state index contributed by atoms with van der Waals surface area (Å²) >= 11 is 0. The highest BCUT2D eigenvalue weighted by Crippen LogP contribution is 2.43.